The van der Waals surface area contributed by atoms with Crippen LogP contribution in [-0.4, -0.2) is 41.5 Å². The fourth-order valence-corrected chi connectivity index (χ4v) is 2.86. The molecule has 0 saturated carbocycles. The number of ether oxygens (including phenoxy) is 1. The summed E-state index contributed by atoms with van der Waals surface area (Å²) in [5.74, 6) is -0.688. The summed E-state index contributed by atoms with van der Waals surface area (Å²) in [6.07, 6.45) is 2.88. The number of hydrogen-bond donors (Lipinski definition) is 1. The number of benzene rings is 1. The van der Waals surface area contributed by atoms with Crippen molar-refractivity contribution < 1.29 is 23.5 Å². The van der Waals surface area contributed by atoms with Gasteiger partial charge in [0.2, 0.25) is 0 Å². The Balaban J connectivity index is 1.86. The SMILES string of the molecule is C=CCN1C(=O)/C(=C/c2ccc(-c3ccc(C(=O)OC)cc3)o2)C(=O)NC1=S. The van der Waals surface area contributed by atoms with Crippen LogP contribution < -0.4 is 5.32 Å². The second kappa shape index (κ2) is 8.01. The van der Waals surface area contributed by atoms with Crippen molar-refractivity contribution in [3.8, 4) is 11.3 Å². The number of nitrogens with zero attached hydrogens (tertiary/aromatic N) is 1. The van der Waals surface area contributed by atoms with E-state index in [0.717, 1.165) is 5.56 Å². The zero-order valence-electron chi connectivity index (χ0n) is 14.9. The molecular weight excluding hydrogens is 380 g/mol. The van der Waals surface area contributed by atoms with Gasteiger partial charge in [-0.1, -0.05) is 18.2 Å². The van der Waals surface area contributed by atoms with Gasteiger partial charge in [0.05, 0.1) is 12.7 Å². The zero-order chi connectivity index (χ0) is 20.3. The lowest BCUT2D eigenvalue weighted by Crippen LogP contribution is -2.53. The van der Waals surface area contributed by atoms with Gasteiger partial charge in [0.25, 0.3) is 11.8 Å². The Bertz CT molecular complexity index is 1000. The molecule has 0 atom stereocenters. The van der Waals surface area contributed by atoms with Crippen LogP contribution in [0.2, 0.25) is 0 Å². The topological polar surface area (TPSA) is 88.8 Å². The molecule has 2 heterocycles. The predicted octanol–water partition coefficient (Wildman–Crippen LogP) is 2.55. The number of carbonyl (C=O) groups excluding carboxylic acids is 3. The summed E-state index contributed by atoms with van der Waals surface area (Å²) >= 11 is 5.01. The smallest absolute Gasteiger partial charge is 0.337 e. The molecule has 8 heteroatoms. The van der Waals surface area contributed by atoms with Crippen LogP contribution in [0, 0.1) is 0 Å². The van der Waals surface area contributed by atoms with Crippen LogP contribution in [0.1, 0.15) is 16.1 Å². The first-order valence-corrected chi connectivity index (χ1v) is 8.63. The van der Waals surface area contributed by atoms with Crippen LogP contribution in [0.3, 0.4) is 0 Å². The molecule has 7 nitrogen and oxygen atoms in total. The minimum atomic E-state index is -0.587. The van der Waals surface area contributed by atoms with Crippen molar-refractivity contribution in [1.82, 2.24) is 10.2 Å². The number of hydrogen-bond acceptors (Lipinski definition) is 6. The van der Waals surface area contributed by atoms with Crippen molar-refractivity contribution in [2.45, 2.75) is 0 Å². The van der Waals surface area contributed by atoms with E-state index in [1.165, 1.54) is 24.2 Å². The molecule has 1 aromatic carbocycles. The van der Waals surface area contributed by atoms with Gasteiger partial charge in [-0.15, -0.1) is 6.58 Å². The second-order valence-corrected chi connectivity index (χ2v) is 6.18. The van der Waals surface area contributed by atoms with Gasteiger partial charge in [0.1, 0.15) is 17.1 Å². The van der Waals surface area contributed by atoms with Crippen molar-refractivity contribution in [3.63, 3.8) is 0 Å². The van der Waals surface area contributed by atoms with E-state index in [1.54, 1.807) is 36.4 Å². The zero-order valence-corrected chi connectivity index (χ0v) is 15.7. The van der Waals surface area contributed by atoms with Gasteiger partial charge in [-0.2, -0.15) is 0 Å². The first-order chi connectivity index (χ1) is 13.4. The summed E-state index contributed by atoms with van der Waals surface area (Å²) in [6, 6.07) is 10.0. The first kappa shape index (κ1) is 19.2. The van der Waals surface area contributed by atoms with Crippen molar-refractivity contribution in [1.29, 1.82) is 0 Å². The van der Waals surface area contributed by atoms with Crippen LogP contribution in [0.15, 0.2) is 59.0 Å². The lowest BCUT2D eigenvalue weighted by Gasteiger charge is -2.27. The molecule has 28 heavy (non-hydrogen) atoms. The van der Waals surface area contributed by atoms with Gasteiger partial charge in [-0.3, -0.25) is 19.8 Å². The summed E-state index contributed by atoms with van der Waals surface area (Å²) in [6.45, 7) is 3.76. The van der Waals surface area contributed by atoms with Crippen LogP contribution in [-0.2, 0) is 14.3 Å². The fraction of sp³-hybridized carbons (Fsp3) is 0.100. The maximum absolute atomic E-state index is 12.5. The van der Waals surface area contributed by atoms with Gasteiger partial charge in [-0.05, 0) is 42.6 Å². The predicted molar refractivity (Wildman–Crippen MR) is 106 cm³/mol. The largest absolute Gasteiger partial charge is 0.465 e. The minimum Gasteiger partial charge on any atom is -0.465 e. The Morgan fingerprint density at radius 2 is 1.96 bits per heavy atom. The summed E-state index contributed by atoms with van der Waals surface area (Å²) in [5.41, 5.74) is 1.06. The number of methoxy groups -OCH3 is 1. The third kappa shape index (κ3) is 3.77. The summed E-state index contributed by atoms with van der Waals surface area (Å²) in [5, 5.41) is 2.51. The second-order valence-electron chi connectivity index (χ2n) is 5.79. The standard InChI is InChI=1S/C20H16N2O5S/c1-3-10-22-18(24)15(17(23)21-20(22)28)11-14-8-9-16(27-14)12-4-6-13(7-5-12)19(25)26-2/h3-9,11H,1,10H2,2H3,(H,21,23,28)/b15-11+. The number of rotatable bonds is 5. The van der Waals surface area contributed by atoms with Crippen LogP contribution in [0.4, 0.5) is 0 Å². The van der Waals surface area contributed by atoms with Crippen molar-refractivity contribution in [2.24, 2.45) is 0 Å². The van der Waals surface area contributed by atoms with Crippen molar-refractivity contribution >= 4 is 41.2 Å². The van der Waals surface area contributed by atoms with E-state index in [0.29, 0.717) is 17.1 Å². The lowest BCUT2D eigenvalue weighted by atomic mass is 10.1. The average molecular weight is 396 g/mol. The molecule has 1 saturated heterocycles. The van der Waals surface area contributed by atoms with E-state index in [4.69, 9.17) is 16.6 Å². The Morgan fingerprint density at radius 1 is 1.25 bits per heavy atom. The highest BCUT2D eigenvalue weighted by Gasteiger charge is 2.32. The van der Waals surface area contributed by atoms with Crippen LogP contribution in [0.5, 0.6) is 0 Å². The number of carbonyl (C=O) groups is 3. The number of thiocarbonyl (C=S) groups is 1. The number of nitrogens with one attached hydrogen (secondary N) is 1. The van der Waals surface area contributed by atoms with E-state index in [2.05, 4.69) is 16.6 Å². The number of esters is 1. The molecule has 0 aliphatic carbocycles. The first-order valence-electron chi connectivity index (χ1n) is 8.23. The van der Waals surface area contributed by atoms with Gasteiger partial charge in [0.15, 0.2) is 5.11 Å². The molecule has 2 amide bonds. The van der Waals surface area contributed by atoms with Gasteiger partial charge in [0, 0.05) is 12.1 Å². The van der Waals surface area contributed by atoms with E-state index in [1.807, 2.05) is 0 Å². The Hall–Kier alpha value is -3.52. The fourth-order valence-electron chi connectivity index (χ4n) is 2.61. The van der Waals surface area contributed by atoms with E-state index in [-0.39, 0.29) is 17.2 Å². The maximum atomic E-state index is 12.5. The van der Waals surface area contributed by atoms with Gasteiger partial charge >= 0.3 is 5.97 Å². The molecular formula is C20H16N2O5S. The molecule has 0 radical (unpaired) electrons. The Morgan fingerprint density at radius 3 is 2.61 bits per heavy atom. The Labute approximate surface area is 166 Å². The average Bonchev–Trinajstić information content (AvgIpc) is 3.16. The summed E-state index contributed by atoms with van der Waals surface area (Å²) in [7, 11) is 1.31. The van der Waals surface area contributed by atoms with E-state index >= 15 is 0 Å². The van der Waals surface area contributed by atoms with Gasteiger partial charge < -0.3 is 9.15 Å². The highest BCUT2D eigenvalue weighted by atomic mass is 32.1. The maximum Gasteiger partial charge on any atom is 0.337 e. The van der Waals surface area contributed by atoms with Gasteiger partial charge in [-0.25, -0.2) is 4.79 Å². The van der Waals surface area contributed by atoms with E-state index < -0.39 is 17.8 Å². The monoisotopic (exact) mass is 396 g/mol. The van der Waals surface area contributed by atoms with Crippen LogP contribution >= 0.6 is 12.2 Å². The molecule has 1 aliphatic heterocycles. The summed E-state index contributed by atoms with van der Waals surface area (Å²) < 4.78 is 10.4. The number of amides is 2. The quantitative estimate of drug-likeness (QED) is 0.275. The molecule has 1 fully saturated rings. The van der Waals surface area contributed by atoms with Crippen molar-refractivity contribution in [3.05, 3.63) is 65.9 Å². The van der Waals surface area contributed by atoms with Crippen molar-refractivity contribution in [2.75, 3.05) is 13.7 Å². The minimum absolute atomic E-state index is 0.0397. The molecule has 1 N–H and O–H groups in total. The molecule has 2 aromatic rings. The Kier molecular flexibility index (Phi) is 5.51. The molecule has 0 bridgehead atoms. The molecule has 1 aliphatic rings. The highest BCUT2D eigenvalue weighted by molar-refractivity contribution is 7.80. The van der Waals surface area contributed by atoms with Crippen LogP contribution in [0.25, 0.3) is 17.4 Å². The third-order valence-corrected chi connectivity index (χ3v) is 4.32. The molecule has 3 rings (SSSR count). The number of furan rings is 1. The molecule has 142 valence electrons. The summed E-state index contributed by atoms with van der Waals surface area (Å²) in [4.78, 5) is 37.4. The molecule has 0 unspecified atom stereocenters. The normalized spacial score (nSPS) is 15.5. The third-order valence-electron chi connectivity index (χ3n) is 4.00. The lowest BCUT2D eigenvalue weighted by molar-refractivity contribution is -0.128. The molecule has 0 spiro atoms. The molecule has 1 aromatic heterocycles. The van der Waals surface area contributed by atoms with E-state index in [9.17, 15) is 14.4 Å². The highest BCUT2D eigenvalue weighted by Crippen LogP contribution is 2.25.